The fourth-order valence-electron chi connectivity index (χ4n) is 4.12. The molecule has 170 valence electrons. The molecule has 0 N–H and O–H groups in total. The lowest BCUT2D eigenvalue weighted by Gasteiger charge is -2.37. The molecule has 0 bridgehead atoms. The van der Waals surface area contributed by atoms with Crippen LogP contribution in [0.4, 0.5) is 0 Å². The Morgan fingerprint density at radius 3 is 1.90 bits per heavy atom. The molecule has 0 atom stereocenters. The van der Waals surface area contributed by atoms with E-state index in [1.807, 2.05) is 74.8 Å². The van der Waals surface area contributed by atoms with Crippen molar-refractivity contribution in [2.24, 2.45) is 11.8 Å². The van der Waals surface area contributed by atoms with Gasteiger partial charge in [0.1, 0.15) is 17.9 Å². The minimum atomic E-state index is -0.385. The average Bonchev–Trinajstić information content (AvgIpc) is 2.71. The highest BCUT2D eigenvalue weighted by atomic mass is 16.5. The standard InChI is InChI=1S/C27H40NO3/c1-22(2)19-27(20-23(3)4,31-25-15-11-8-12-16-25)21-30-18-17-28(5,6)26(29)24-13-9-7-10-14-24/h7-16,22-23H,17-21H2,1-6H3/q+1. The van der Waals surface area contributed by atoms with Crippen LogP contribution in [0, 0.1) is 11.8 Å². The number of quaternary nitrogens is 1. The molecule has 4 nitrogen and oxygen atoms in total. The maximum Gasteiger partial charge on any atom is 0.345 e. The highest BCUT2D eigenvalue weighted by Gasteiger charge is 2.35. The van der Waals surface area contributed by atoms with E-state index in [4.69, 9.17) is 9.47 Å². The lowest BCUT2D eigenvalue weighted by molar-refractivity contribution is -0.808. The molecule has 1 amide bonds. The highest BCUT2D eigenvalue weighted by molar-refractivity contribution is 5.88. The van der Waals surface area contributed by atoms with Gasteiger partial charge in [-0.15, -0.1) is 0 Å². The number of likely N-dealkylation sites (N-methyl/N-ethyl adjacent to an activating group) is 1. The molecule has 0 unspecified atom stereocenters. The number of rotatable bonds is 12. The van der Waals surface area contributed by atoms with Crippen molar-refractivity contribution in [1.29, 1.82) is 0 Å². The van der Waals surface area contributed by atoms with Gasteiger partial charge in [0.15, 0.2) is 0 Å². The molecule has 0 aromatic heterocycles. The van der Waals surface area contributed by atoms with E-state index in [-0.39, 0.29) is 16.0 Å². The summed E-state index contributed by atoms with van der Waals surface area (Å²) in [4.78, 5) is 12.9. The highest BCUT2D eigenvalue weighted by Crippen LogP contribution is 2.31. The number of amides is 1. The van der Waals surface area contributed by atoms with Crippen LogP contribution >= 0.6 is 0 Å². The number of nitrogens with zero attached hydrogens (tertiary/aromatic N) is 1. The summed E-state index contributed by atoms with van der Waals surface area (Å²) in [6.45, 7) is 10.5. The van der Waals surface area contributed by atoms with E-state index >= 15 is 0 Å². The van der Waals surface area contributed by atoms with Crippen LogP contribution in [0.15, 0.2) is 60.7 Å². The van der Waals surface area contributed by atoms with Crippen LogP contribution in [0.5, 0.6) is 5.75 Å². The third-order valence-corrected chi connectivity index (χ3v) is 5.37. The second kappa shape index (κ2) is 11.4. The molecule has 0 fully saturated rings. The minimum absolute atomic E-state index is 0.0976. The Balaban J connectivity index is 2.05. The Labute approximate surface area is 188 Å². The zero-order valence-corrected chi connectivity index (χ0v) is 20.1. The van der Waals surface area contributed by atoms with Gasteiger partial charge in [0.2, 0.25) is 0 Å². The van der Waals surface area contributed by atoms with Crippen molar-refractivity contribution in [3.05, 3.63) is 66.2 Å². The molecule has 0 aliphatic carbocycles. The van der Waals surface area contributed by atoms with Gasteiger partial charge >= 0.3 is 5.91 Å². The van der Waals surface area contributed by atoms with Gasteiger partial charge in [0.05, 0.1) is 32.9 Å². The fourth-order valence-corrected chi connectivity index (χ4v) is 4.12. The van der Waals surface area contributed by atoms with E-state index in [0.717, 1.165) is 24.2 Å². The Kier molecular flexibility index (Phi) is 9.27. The van der Waals surface area contributed by atoms with E-state index < -0.39 is 0 Å². The van der Waals surface area contributed by atoms with Crippen LogP contribution in [0.3, 0.4) is 0 Å². The van der Waals surface area contributed by atoms with Gasteiger partial charge in [-0.1, -0.05) is 64.1 Å². The smallest absolute Gasteiger partial charge is 0.345 e. The van der Waals surface area contributed by atoms with Crippen molar-refractivity contribution in [1.82, 2.24) is 0 Å². The Hall–Kier alpha value is -2.17. The summed E-state index contributed by atoms with van der Waals surface area (Å²) < 4.78 is 13.0. The maximum absolute atomic E-state index is 12.9. The number of benzene rings is 2. The first-order chi connectivity index (χ1) is 14.6. The molecular weight excluding hydrogens is 386 g/mol. The van der Waals surface area contributed by atoms with E-state index in [2.05, 4.69) is 27.7 Å². The van der Waals surface area contributed by atoms with Crippen molar-refractivity contribution in [3.63, 3.8) is 0 Å². The third kappa shape index (κ3) is 8.12. The number of carbonyl (C=O) groups excluding carboxylic acids is 1. The molecule has 0 saturated heterocycles. The summed E-state index contributed by atoms with van der Waals surface area (Å²) in [5.74, 6) is 1.94. The van der Waals surface area contributed by atoms with Gasteiger partial charge in [-0.05, 0) is 48.9 Å². The number of para-hydroxylation sites is 1. The topological polar surface area (TPSA) is 35.5 Å². The summed E-state index contributed by atoms with van der Waals surface area (Å²) in [5.41, 5.74) is 0.346. The predicted octanol–water partition coefficient (Wildman–Crippen LogP) is 5.83. The van der Waals surface area contributed by atoms with E-state index in [1.165, 1.54) is 0 Å². The normalized spacial score (nSPS) is 12.4. The van der Waals surface area contributed by atoms with Gasteiger partial charge in [0.25, 0.3) is 0 Å². The van der Waals surface area contributed by atoms with E-state index in [1.54, 1.807) is 0 Å². The van der Waals surface area contributed by atoms with Gasteiger partial charge in [-0.3, -0.25) is 4.48 Å². The largest absolute Gasteiger partial charge is 0.485 e. The minimum Gasteiger partial charge on any atom is -0.485 e. The Bertz CT molecular complexity index is 775. The molecular formula is C27H40NO3+. The number of carbonyl (C=O) groups is 1. The maximum atomic E-state index is 12.9. The number of hydrogen-bond acceptors (Lipinski definition) is 3. The quantitative estimate of drug-likeness (QED) is 0.316. The molecule has 2 aromatic rings. The molecule has 0 aliphatic heterocycles. The second-order valence-electron chi connectivity index (χ2n) is 9.93. The summed E-state index contributed by atoms with van der Waals surface area (Å²) in [7, 11) is 3.88. The van der Waals surface area contributed by atoms with Gasteiger partial charge in [0, 0.05) is 0 Å². The first-order valence-electron chi connectivity index (χ1n) is 11.4. The molecule has 0 radical (unpaired) electrons. The summed E-state index contributed by atoms with van der Waals surface area (Å²) >= 11 is 0. The van der Waals surface area contributed by atoms with Gasteiger partial charge < -0.3 is 9.47 Å². The van der Waals surface area contributed by atoms with E-state index in [0.29, 0.717) is 31.6 Å². The molecule has 2 aromatic carbocycles. The second-order valence-corrected chi connectivity index (χ2v) is 9.93. The molecule has 0 aliphatic rings. The zero-order chi connectivity index (χ0) is 22.9. The van der Waals surface area contributed by atoms with Crippen LogP contribution in [0.1, 0.15) is 50.9 Å². The van der Waals surface area contributed by atoms with Crippen LogP contribution in [-0.2, 0) is 4.74 Å². The van der Waals surface area contributed by atoms with Crippen molar-refractivity contribution >= 4 is 5.91 Å². The molecule has 4 heteroatoms. The average molecular weight is 427 g/mol. The molecule has 0 heterocycles. The van der Waals surface area contributed by atoms with Crippen molar-refractivity contribution in [2.45, 2.75) is 46.1 Å². The molecule has 0 spiro atoms. The lowest BCUT2D eigenvalue weighted by atomic mass is 9.85. The fraction of sp³-hybridized carbons (Fsp3) is 0.519. The Morgan fingerprint density at radius 1 is 0.871 bits per heavy atom. The Morgan fingerprint density at radius 2 is 1.39 bits per heavy atom. The van der Waals surface area contributed by atoms with Crippen LogP contribution in [0.25, 0.3) is 0 Å². The monoisotopic (exact) mass is 426 g/mol. The van der Waals surface area contributed by atoms with Crippen LogP contribution < -0.4 is 4.74 Å². The summed E-state index contributed by atoms with van der Waals surface area (Å²) in [5, 5.41) is 0. The first kappa shape index (κ1) is 25.1. The predicted molar refractivity (Wildman–Crippen MR) is 127 cm³/mol. The van der Waals surface area contributed by atoms with Crippen LogP contribution in [0.2, 0.25) is 0 Å². The SMILES string of the molecule is CC(C)CC(COCC[N+](C)(C)C(=O)c1ccccc1)(CC(C)C)Oc1ccccc1. The van der Waals surface area contributed by atoms with Gasteiger partial charge in [-0.2, -0.15) is 0 Å². The molecule has 2 rings (SSSR count). The lowest BCUT2D eigenvalue weighted by Crippen LogP contribution is -2.49. The van der Waals surface area contributed by atoms with E-state index in [9.17, 15) is 4.79 Å². The van der Waals surface area contributed by atoms with Crippen molar-refractivity contribution in [2.75, 3.05) is 33.9 Å². The molecule has 31 heavy (non-hydrogen) atoms. The van der Waals surface area contributed by atoms with Crippen molar-refractivity contribution in [3.8, 4) is 5.75 Å². The third-order valence-electron chi connectivity index (χ3n) is 5.37. The molecule has 0 saturated carbocycles. The summed E-state index contributed by atoms with van der Waals surface area (Å²) in [6.07, 6.45) is 1.84. The zero-order valence-electron chi connectivity index (χ0n) is 20.1. The number of hydrogen-bond donors (Lipinski definition) is 0. The number of ether oxygens (including phenoxy) is 2. The van der Waals surface area contributed by atoms with Crippen LogP contribution in [-0.4, -0.2) is 49.8 Å². The first-order valence-corrected chi connectivity index (χ1v) is 11.4. The van der Waals surface area contributed by atoms with Gasteiger partial charge in [-0.25, -0.2) is 4.79 Å². The summed E-state index contributed by atoms with van der Waals surface area (Å²) in [6, 6.07) is 19.5. The van der Waals surface area contributed by atoms with Crippen molar-refractivity contribution < 1.29 is 18.8 Å².